The Bertz CT molecular complexity index is 2200. The molecule has 0 aliphatic carbocycles. The van der Waals surface area contributed by atoms with E-state index in [-0.39, 0.29) is 41.4 Å². The topological polar surface area (TPSA) is 137 Å². The van der Waals surface area contributed by atoms with Crippen LogP contribution in [0, 0.1) is 5.82 Å². The number of carbonyl (C=O) groups excluding carboxylic acids is 2. The molecule has 2 N–H and O–H groups in total. The number of fused-ring (bicyclic) bond motifs is 1. The van der Waals surface area contributed by atoms with Crippen molar-refractivity contribution >= 4 is 34.2 Å². The van der Waals surface area contributed by atoms with Crippen LogP contribution >= 0.6 is 0 Å². The Labute approximate surface area is 275 Å². The Morgan fingerprint density at radius 1 is 1.06 bits per heavy atom. The van der Waals surface area contributed by atoms with E-state index in [2.05, 4.69) is 27.3 Å². The lowest BCUT2D eigenvalue weighted by Gasteiger charge is -2.20. The van der Waals surface area contributed by atoms with E-state index in [0.29, 0.717) is 27.9 Å². The van der Waals surface area contributed by atoms with E-state index in [1.54, 1.807) is 49.5 Å². The van der Waals surface area contributed by atoms with Crippen LogP contribution in [-0.4, -0.2) is 31.2 Å². The molecule has 5 aromatic rings. The fraction of sp³-hybridized carbons (Fsp3) is 0.222. The average Bonchev–Trinajstić information content (AvgIpc) is 3.04. The molecule has 3 aromatic carbocycles. The Hall–Kier alpha value is -5.91. The Morgan fingerprint density at radius 3 is 2.52 bits per heavy atom. The number of hydrogen-bond donors (Lipinski definition) is 2. The van der Waals surface area contributed by atoms with Gasteiger partial charge in [0.05, 0.1) is 23.0 Å². The minimum absolute atomic E-state index is 0.00355. The maximum atomic E-state index is 15.5. The molecule has 0 unspecified atom stereocenters. The van der Waals surface area contributed by atoms with Gasteiger partial charge in [-0.15, -0.1) is 0 Å². The van der Waals surface area contributed by atoms with Crippen LogP contribution in [0.25, 0.3) is 27.7 Å². The largest absolute Gasteiger partial charge is 0.461 e. The summed E-state index contributed by atoms with van der Waals surface area (Å²) in [5.74, 6) is -1.54. The van der Waals surface area contributed by atoms with Crippen LogP contribution in [0.15, 0.2) is 89.2 Å². The maximum absolute atomic E-state index is 15.5. The van der Waals surface area contributed by atoms with E-state index in [1.165, 1.54) is 36.0 Å². The smallest absolute Gasteiger partial charge is 0.302 e. The van der Waals surface area contributed by atoms with Gasteiger partial charge in [0.1, 0.15) is 12.4 Å². The van der Waals surface area contributed by atoms with E-state index in [9.17, 15) is 19.2 Å². The van der Waals surface area contributed by atoms with Crippen molar-refractivity contribution in [1.82, 2.24) is 24.6 Å². The van der Waals surface area contributed by atoms with Gasteiger partial charge in [0.15, 0.2) is 5.82 Å². The predicted octanol–water partition coefficient (Wildman–Crippen LogP) is 5.19. The van der Waals surface area contributed by atoms with Crippen molar-refractivity contribution in [3.8, 4) is 16.9 Å². The van der Waals surface area contributed by atoms with Gasteiger partial charge in [-0.1, -0.05) is 51.6 Å². The molecule has 0 bridgehead atoms. The fourth-order valence-corrected chi connectivity index (χ4v) is 5.15. The van der Waals surface area contributed by atoms with Gasteiger partial charge in [-0.05, 0) is 52.9 Å². The summed E-state index contributed by atoms with van der Waals surface area (Å²) >= 11 is 0. The molecule has 2 heterocycles. The van der Waals surface area contributed by atoms with Crippen molar-refractivity contribution in [3.63, 3.8) is 0 Å². The van der Waals surface area contributed by atoms with Crippen molar-refractivity contribution in [2.24, 2.45) is 7.05 Å². The average molecular weight is 651 g/mol. The predicted molar refractivity (Wildman–Crippen MR) is 182 cm³/mol. The molecule has 0 atom stereocenters. The van der Waals surface area contributed by atoms with Gasteiger partial charge in [0.25, 0.3) is 11.1 Å². The first-order chi connectivity index (χ1) is 22.8. The lowest BCUT2D eigenvalue weighted by Crippen LogP contribution is -2.24. The first-order valence-electron chi connectivity index (χ1n) is 15.1. The van der Waals surface area contributed by atoms with E-state index >= 15 is 4.39 Å². The van der Waals surface area contributed by atoms with E-state index < -0.39 is 22.9 Å². The van der Waals surface area contributed by atoms with Crippen molar-refractivity contribution in [3.05, 3.63) is 123 Å². The van der Waals surface area contributed by atoms with Crippen LogP contribution in [0.3, 0.4) is 0 Å². The van der Waals surface area contributed by atoms with Gasteiger partial charge < -0.3 is 19.9 Å². The van der Waals surface area contributed by atoms with Crippen molar-refractivity contribution in [2.45, 2.75) is 46.3 Å². The number of hydrogen-bond acceptors (Lipinski definition) is 8. The van der Waals surface area contributed by atoms with Gasteiger partial charge in [-0.2, -0.15) is 9.78 Å². The van der Waals surface area contributed by atoms with Crippen LogP contribution in [0.4, 0.5) is 15.9 Å². The molecule has 2 aromatic heterocycles. The molecule has 246 valence electrons. The molecule has 12 heteroatoms. The summed E-state index contributed by atoms with van der Waals surface area (Å²) in [4.78, 5) is 55.1. The van der Waals surface area contributed by atoms with Gasteiger partial charge in [-0.25, -0.2) is 9.37 Å². The molecular formula is C36H35FN6O5. The molecule has 0 fully saturated rings. The number of nitrogens with one attached hydrogen (secondary N) is 2. The Kier molecular flexibility index (Phi) is 9.37. The summed E-state index contributed by atoms with van der Waals surface area (Å²) < 4.78 is 23.3. The molecule has 0 radical (unpaired) electrons. The van der Waals surface area contributed by atoms with Gasteiger partial charge in [-0.3, -0.25) is 19.2 Å². The van der Waals surface area contributed by atoms with E-state index in [4.69, 9.17) is 4.74 Å². The van der Waals surface area contributed by atoms with Crippen molar-refractivity contribution in [1.29, 1.82) is 0 Å². The summed E-state index contributed by atoms with van der Waals surface area (Å²) in [5, 5.41) is 10.4. The number of amides is 1. The third-order valence-corrected chi connectivity index (χ3v) is 7.69. The van der Waals surface area contributed by atoms with Gasteiger partial charge in [0.2, 0.25) is 5.91 Å². The highest BCUT2D eigenvalue weighted by Gasteiger charge is 2.22. The monoisotopic (exact) mass is 650 g/mol. The quantitative estimate of drug-likeness (QED) is 0.164. The van der Waals surface area contributed by atoms with Crippen LogP contribution in [0.5, 0.6) is 0 Å². The number of nitrogens with zero attached hydrogens (tertiary/aromatic N) is 4. The molecule has 11 nitrogen and oxygen atoms in total. The highest BCUT2D eigenvalue weighted by Crippen LogP contribution is 2.30. The summed E-state index contributed by atoms with van der Waals surface area (Å²) in [6, 6.07) is 15.2. The zero-order valence-electron chi connectivity index (χ0n) is 27.3. The number of anilines is 2. The van der Waals surface area contributed by atoms with Crippen LogP contribution in [-0.2, 0) is 39.9 Å². The standard InChI is InChI=1S/C36H35FN6O5/c1-7-31(45)38-17-22-10-8-11-25(14-22)40-33-35(47)42(6)19-29(41-33)26-12-9-13-30(27(26)20-48-21(2)44)43-34(46)32-23(18-39-43)15-24(16-28(32)37)36(3,4)5/h7-16,18-19H,1,17,20H2,2-6H3,(H,38,45)(H,40,41). The number of aromatic nitrogens is 4. The zero-order valence-corrected chi connectivity index (χ0v) is 27.3. The maximum Gasteiger partial charge on any atom is 0.302 e. The minimum Gasteiger partial charge on any atom is -0.461 e. The number of aryl methyl sites for hydroxylation is 1. The summed E-state index contributed by atoms with van der Waals surface area (Å²) in [5.41, 5.74) is 1.99. The molecule has 0 aliphatic heterocycles. The molecule has 0 spiro atoms. The highest BCUT2D eigenvalue weighted by atomic mass is 19.1. The normalized spacial score (nSPS) is 11.3. The number of ether oxygens (including phenoxy) is 1. The number of rotatable bonds is 9. The van der Waals surface area contributed by atoms with Crippen LogP contribution in [0.2, 0.25) is 0 Å². The summed E-state index contributed by atoms with van der Waals surface area (Å²) in [6.45, 7) is 10.6. The van der Waals surface area contributed by atoms with Gasteiger partial charge in [0, 0.05) is 48.9 Å². The Balaban J connectivity index is 1.62. The third-order valence-electron chi connectivity index (χ3n) is 7.69. The molecule has 48 heavy (non-hydrogen) atoms. The number of halogens is 1. The van der Waals surface area contributed by atoms with Crippen LogP contribution < -0.4 is 21.8 Å². The second-order valence-electron chi connectivity index (χ2n) is 12.3. The van der Waals surface area contributed by atoms with Crippen LogP contribution in [0.1, 0.15) is 44.4 Å². The molecular weight excluding hydrogens is 615 g/mol. The molecule has 5 rings (SSSR count). The second-order valence-corrected chi connectivity index (χ2v) is 12.3. The number of carbonyl (C=O) groups is 2. The molecule has 0 saturated carbocycles. The summed E-state index contributed by atoms with van der Waals surface area (Å²) in [7, 11) is 1.57. The van der Waals surface area contributed by atoms with E-state index in [1.807, 2.05) is 26.8 Å². The lowest BCUT2D eigenvalue weighted by molar-refractivity contribution is -0.142. The highest BCUT2D eigenvalue weighted by molar-refractivity contribution is 5.86. The zero-order chi connectivity index (χ0) is 34.7. The van der Waals surface area contributed by atoms with Crippen molar-refractivity contribution in [2.75, 3.05) is 5.32 Å². The fourth-order valence-electron chi connectivity index (χ4n) is 5.15. The number of esters is 1. The first-order valence-corrected chi connectivity index (χ1v) is 15.1. The SMILES string of the molecule is C=CC(=O)NCc1cccc(Nc2nc(-c3cccc(-n4ncc5cc(C(C)(C)C)cc(F)c5c4=O)c3COC(C)=O)cn(C)c2=O)c1. The van der Waals surface area contributed by atoms with Crippen molar-refractivity contribution < 1.29 is 18.7 Å². The second kappa shape index (κ2) is 13.4. The first kappa shape index (κ1) is 33.5. The molecule has 0 saturated heterocycles. The number of benzene rings is 3. The summed E-state index contributed by atoms with van der Waals surface area (Å²) in [6.07, 6.45) is 4.13. The molecule has 0 aliphatic rings. The van der Waals surface area contributed by atoms with Gasteiger partial charge >= 0.3 is 5.97 Å². The molecule has 1 amide bonds. The third kappa shape index (κ3) is 7.07. The van der Waals surface area contributed by atoms with E-state index in [0.717, 1.165) is 15.8 Å². The lowest BCUT2D eigenvalue weighted by atomic mass is 9.86. The Morgan fingerprint density at radius 2 is 1.81 bits per heavy atom. The minimum atomic E-state index is -0.688.